The van der Waals surface area contributed by atoms with E-state index in [2.05, 4.69) is 37.8 Å². The molecule has 1 atom stereocenters. The number of ether oxygens (including phenoxy) is 2. The van der Waals surface area contributed by atoms with E-state index in [9.17, 15) is 9.59 Å². The fourth-order valence-corrected chi connectivity index (χ4v) is 3.72. The molecule has 0 aliphatic heterocycles. The van der Waals surface area contributed by atoms with Crippen LogP contribution >= 0.6 is 0 Å². The molecule has 4 nitrogen and oxygen atoms in total. The van der Waals surface area contributed by atoms with Crippen LogP contribution in [0.2, 0.25) is 0 Å². The van der Waals surface area contributed by atoms with Gasteiger partial charge < -0.3 is 9.47 Å². The average molecular weight is 491 g/mol. The number of hydrogen-bond donors (Lipinski definition) is 0. The second-order valence-electron chi connectivity index (χ2n) is 9.27. The molecule has 0 spiro atoms. The molecule has 0 aromatic heterocycles. The van der Waals surface area contributed by atoms with Crippen LogP contribution < -0.4 is 4.74 Å². The van der Waals surface area contributed by atoms with Crippen LogP contribution in [0.25, 0.3) is 0 Å². The molecule has 2 rings (SSSR count). The molecule has 2 aromatic rings. The number of Topliss-reactive ketones (excluding diaryl/α,β-unsaturated/α-hetero) is 1. The highest BCUT2D eigenvalue weighted by Gasteiger charge is 2.17. The maximum absolute atomic E-state index is 12.4. The Morgan fingerprint density at radius 2 is 1.36 bits per heavy atom. The van der Waals surface area contributed by atoms with E-state index in [-0.39, 0.29) is 5.78 Å². The van der Waals surface area contributed by atoms with Crippen molar-refractivity contribution in [3.63, 3.8) is 0 Å². The normalized spacial score (nSPS) is 11.3. The maximum Gasteiger partial charge on any atom is 0.338 e. The van der Waals surface area contributed by atoms with Crippen LogP contribution in [0.3, 0.4) is 0 Å². The van der Waals surface area contributed by atoms with Crippen molar-refractivity contribution in [2.75, 3.05) is 6.61 Å². The van der Waals surface area contributed by atoms with Gasteiger partial charge >= 0.3 is 5.97 Å². The van der Waals surface area contributed by atoms with Gasteiger partial charge in [-0.05, 0) is 73.9 Å². The summed E-state index contributed by atoms with van der Waals surface area (Å²) in [6, 6.07) is 15.7. The van der Waals surface area contributed by atoms with Crippen LogP contribution in [-0.4, -0.2) is 24.5 Å². The summed E-state index contributed by atoms with van der Waals surface area (Å²) >= 11 is 0. The molecule has 0 saturated carbocycles. The van der Waals surface area contributed by atoms with Crippen molar-refractivity contribution >= 4 is 11.8 Å². The van der Waals surface area contributed by atoms with Gasteiger partial charge in [-0.1, -0.05) is 82.6 Å². The van der Waals surface area contributed by atoms with Gasteiger partial charge in [-0.25, -0.2) is 4.79 Å². The molecule has 194 valence electrons. The lowest BCUT2D eigenvalue weighted by molar-refractivity contribution is -0.121. The third-order valence-electron chi connectivity index (χ3n) is 6.10. The van der Waals surface area contributed by atoms with E-state index in [1.54, 1.807) is 19.1 Å². The number of benzene rings is 2. The predicted molar refractivity (Wildman–Crippen MR) is 146 cm³/mol. The number of rotatable bonds is 16. The molecule has 0 amide bonds. The number of esters is 1. The quantitative estimate of drug-likeness (QED) is 0.106. The lowest BCUT2D eigenvalue weighted by atomic mass is 10.0. The monoisotopic (exact) mass is 490 g/mol. The summed E-state index contributed by atoms with van der Waals surface area (Å²) < 4.78 is 11.2. The van der Waals surface area contributed by atoms with Crippen molar-refractivity contribution in [1.82, 2.24) is 0 Å². The Morgan fingerprint density at radius 1 is 0.778 bits per heavy atom. The van der Waals surface area contributed by atoms with Gasteiger partial charge in [0.25, 0.3) is 0 Å². The Labute approximate surface area is 217 Å². The molecule has 0 heterocycles. The second kappa shape index (κ2) is 17.4. The van der Waals surface area contributed by atoms with Crippen molar-refractivity contribution in [2.45, 2.75) is 97.5 Å². The summed E-state index contributed by atoms with van der Waals surface area (Å²) in [7, 11) is 0. The number of ketones is 1. The highest BCUT2D eigenvalue weighted by Crippen LogP contribution is 2.16. The molecule has 0 aliphatic rings. The van der Waals surface area contributed by atoms with E-state index in [4.69, 9.17) is 9.47 Å². The fraction of sp³-hybridized carbons (Fsp3) is 0.500. The summed E-state index contributed by atoms with van der Waals surface area (Å²) in [6.45, 7) is 6.65. The third kappa shape index (κ3) is 11.6. The molecule has 0 fully saturated rings. The van der Waals surface area contributed by atoms with E-state index >= 15 is 0 Å². The molecule has 1 unspecified atom stereocenters. The first kappa shape index (κ1) is 29.2. The highest BCUT2D eigenvalue weighted by atomic mass is 16.5. The summed E-state index contributed by atoms with van der Waals surface area (Å²) in [4.78, 5) is 24.4. The minimum Gasteiger partial charge on any atom is -0.494 e. The van der Waals surface area contributed by atoms with Crippen LogP contribution in [0.15, 0.2) is 48.5 Å². The molecular weight excluding hydrogens is 448 g/mol. The number of aryl methyl sites for hydroxylation is 2. The van der Waals surface area contributed by atoms with E-state index in [1.807, 2.05) is 24.3 Å². The smallest absolute Gasteiger partial charge is 0.338 e. The van der Waals surface area contributed by atoms with Gasteiger partial charge in [-0.3, -0.25) is 4.79 Å². The molecule has 0 radical (unpaired) electrons. The minimum atomic E-state index is -0.871. The summed E-state index contributed by atoms with van der Waals surface area (Å²) in [5, 5.41) is 0. The summed E-state index contributed by atoms with van der Waals surface area (Å²) in [6.07, 6.45) is 11.2. The van der Waals surface area contributed by atoms with Crippen LogP contribution in [0.4, 0.5) is 0 Å². The Kier molecular flexibility index (Phi) is 14.1. The Morgan fingerprint density at radius 3 is 2.00 bits per heavy atom. The van der Waals surface area contributed by atoms with Gasteiger partial charge in [-0.15, -0.1) is 0 Å². The standard InChI is InChI=1S/C32H42O4/c1-4-6-8-10-11-13-25-35-30-23-19-28(20-24-30)16-15-27-17-21-29(22-18-27)32(34)36-26(3)31(33)14-12-9-7-5-2/h17-24,26H,4-11,13,15-16,25H2,1-3H3. The van der Waals surface area contributed by atoms with Crippen molar-refractivity contribution in [2.24, 2.45) is 0 Å². The first-order chi connectivity index (χ1) is 17.5. The van der Waals surface area contributed by atoms with Gasteiger partial charge in [0, 0.05) is 6.42 Å². The molecule has 0 aliphatic carbocycles. The first-order valence-corrected chi connectivity index (χ1v) is 13.6. The second-order valence-corrected chi connectivity index (χ2v) is 9.27. The predicted octanol–water partition coefficient (Wildman–Crippen LogP) is 7.52. The van der Waals surface area contributed by atoms with Crippen LogP contribution in [-0.2, 0) is 22.4 Å². The molecule has 4 heteroatoms. The van der Waals surface area contributed by atoms with E-state index < -0.39 is 12.1 Å². The van der Waals surface area contributed by atoms with Crippen molar-refractivity contribution in [3.8, 4) is 17.6 Å². The molecule has 0 bridgehead atoms. The zero-order chi connectivity index (χ0) is 26.0. The molecule has 36 heavy (non-hydrogen) atoms. The maximum atomic E-state index is 12.4. The van der Waals surface area contributed by atoms with Gasteiger partial charge in [0.05, 0.1) is 12.2 Å². The van der Waals surface area contributed by atoms with Gasteiger partial charge in [0.2, 0.25) is 5.78 Å². The van der Waals surface area contributed by atoms with Crippen molar-refractivity contribution < 1.29 is 19.1 Å². The topological polar surface area (TPSA) is 52.6 Å². The van der Waals surface area contributed by atoms with Gasteiger partial charge in [-0.2, -0.15) is 0 Å². The largest absolute Gasteiger partial charge is 0.494 e. The zero-order valence-electron chi connectivity index (χ0n) is 22.3. The number of carbonyl (C=O) groups is 2. The molecular formula is C32H42O4. The first-order valence-electron chi connectivity index (χ1n) is 13.6. The van der Waals surface area contributed by atoms with Gasteiger partial charge in [0.1, 0.15) is 5.75 Å². The van der Waals surface area contributed by atoms with E-state index in [0.717, 1.165) is 50.0 Å². The zero-order valence-corrected chi connectivity index (χ0v) is 22.3. The van der Waals surface area contributed by atoms with Crippen LogP contribution in [0, 0.1) is 11.8 Å². The van der Waals surface area contributed by atoms with Crippen molar-refractivity contribution in [1.29, 1.82) is 0 Å². The third-order valence-corrected chi connectivity index (χ3v) is 6.10. The lowest BCUT2D eigenvalue weighted by Crippen LogP contribution is -2.23. The average Bonchev–Trinajstić information content (AvgIpc) is 2.90. The molecule has 2 aromatic carbocycles. The van der Waals surface area contributed by atoms with Crippen molar-refractivity contribution in [3.05, 3.63) is 65.2 Å². The SMILES string of the molecule is CCCCC#CC(=O)C(C)OC(=O)c1ccc(CCc2ccc(OCCCCCCCC)cc2)cc1. The van der Waals surface area contributed by atoms with E-state index in [0.29, 0.717) is 12.0 Å². The molecule has 0 saturated heterocycles. The van der Waals surface area contributed by atoms with Crippen LogP contribution in [0.1, 0.15) is 100 Å². The highest BCUT2D eigenvalue weighted by molar-refractivity contribution is 6.01. The number of carbonyl (C=O) groups excluding carboxylic acids is 2. The lowest BCUT2D eigenvalue weighted by Gasteiger charge is -2.10. The number of hydrogen-bond acceptors (Lipinski definition) is 4. The Balaban J connectivity index is 1.72. The Bertz CT molecular complexity index is 964. The number of unbranched alkanes of at least 4 members (excludes halogenated alkanes) is 7. The van der Waals surface area contributed by atoms with Gasteiger partial charge in [0.15, 0.2) is 6.10 Å². The van der Waals surface area contributed by atoms with Crippen LogP contribution in [0.5, 0.6) is 5.75 Å². The minimum absolute atomic E-state index is 0.366. The Hall–Kier alpha value is -3.06. The fourth-order valence-electron chi connectivity index (χ4n) is 3.72. The molecule has 0 N–H and O–H groups in total. The van der Waals surface area contributed by atoms with E-state index in [1.165, 1.54) is 37.7 Å². The summed E-state index contributed by atoms with van der Waals surface area (Å²) in [5.74, 6) is 5.46. The summed E-state index contributed by atoms with van der Waals surface area (Å²) in [5.41, 5.74) is 2.82.